The molecule has 2 aliphatic heterocycles. The predicted octanol–water partition coefficient (Wildman–Crippen LogP) is 4.05. The second kappa shape index (κ2) is 9.22. The highest BCUT2D eigenvalue weighted by atomic mass is 35.5. The van der Waals surface area contributed by atoms with Crippen molar-refractivity contribution in [1.82, 2.24) is 4.90 Å². The van der Waals surface area contributed by atoms with Gasteiger partial charge in [-0.1, -0.05) is 17.7 Å². The summed E-state index contributed by atoms with van der Waals surface area (Å²) in [4.78, 5) is 27.5. The lowest BCUT2D eigenvalue weighted by molar-refractivity contribution is -0.140. The van der Waals surface area contributed by atoms with Gasteiger partial charge >= 0.3 is 0 Å². The summed E-state index contributed by atoms with van der Waals surface area (Å²) in [5, 5.41) is 21.7. The molecule has 168 valence electrons. The number of aliphatic hydroxyl groups excluding tert-OH is 1. The third kappa shape index (κ3) is 4.18. The zero-order chi connectivity index (χ0) is 22.8. The van der Waals surface area contributed by atoms with Crippen LogP contribution in [0.25, 0.3) is 5.76 Å². The van der Waals surface area contributed by atoms with Gasteiger partial charge in [0.1, 0.15) is 5.76 Å². The highest BCUT2D eigenvalue weighted by Gasteiger charge is 2.47. The fraction of sp³-hybridized carbons (Fsp3) is 0.333. The Morgan fingerprint density at radius 2 is 1.97 bits per heavy atom. The van der Waals surface area contributed by atoms with Crippen LogP contribution in [0.1, 0.15) is 36.9 Å². The predicted molar refractivity (Wildman–Crippen MR) is 119 cm³/mol. The number of Topliss-reactive ketones (excluding diaryl/α,β-unsaturated/α-hetero) is 1. The van der Waals surface area contributed by atoms with Crippen LogP contribution in [-0.2, 0) is 14.3 Å². The van der Waals surface area contributed by atoms with Crippen molar-refractivity contribution in [2.24, 2.45) is 0 Å². The fourth-order valence-corrected chi connectivity index (χ4v) is 4.28. The average molecular weight is 458 g/mol. The fourth-order valence-electron chi connectivity index (χ4n) is 4.16. The summed E-state index contributed by atoms with van der Waals surface area (Å²) in [7, 11) is 0. The maximum Gasteiger partial charge on any atom is 0.295 e. The molecular formula is C24H24ClNO6. The zero-order valence-electron chi connectivity index (χ0n) is 17.6. The Kier molecular flexibility index (Phi) is 6.39. The monoisotopic (exact) mass is 457 g/mol. The van der Waals surface area contributed by atoms with Gasteiger partial charge in [-0.3, -0.25) is 9.59 Å². The number of benzene rings is 2. The SMILES string of the molecule is CCOc1cc([C@@H]2/C(=C(\O)c3ccc(Cl)cc3)C(=O)C(=O)N2C[C@H]2CCCO2)ccc1O. The number of ether oxygens (including phenoxy) is 2. The Morgan fingerprint density at radius 3 is 2.62 bits per heavy atom. The minimum Gasteiger partial charge on any atom is -0.507 e. The molecule has 7 nitrogen and oxygen atoms in total. The molecule has 0 saturated carbocycles. The van der Waals surface area contributed by atoms with Crippen molar-refractivity contribution >= 4 is 29.1 Å². The zero-order valence-corrected chi connectivity index (χ0v) is 18.3. The molecule has 1 amide bonds. The highest BCUT2D eigenvalue weighted by Crippen LogP contribution is 2.42. The van der Waals surface area contributed by atoms with Crippen molar-refractivity contribution in [1.29, 1.82) is 0 Å². The molecule has 0 bridgehead atoms. The molecule has 2 atom stereocenters. The molecule has 2 aromatic rings. The number of phenolic OH excluding ortho intramolecular Hbond substituents is 1. The summed E-state index contributed by atoms with van der Waals surface area (Å²) in [6.07, 6.45) is 1.49. The van der Waals surface area contributed by atoms with Crippen LogP contribution in [0.4, 0.5) is 0 Å². The first-order valence-corrected chi connectivity index (χ1v) is 10.9. The molecule has 2 aromatic carbocycles. The Hall–Kier alpha value is -3.03. The molecule has 8 heteroatoms. The summed E-state index contributed by atoms with van der Waals surface area (Å²) < 4.78 is 11.2. The number of likely N-dealkylation sites (tertiary alicyclic amines) is 1. The number of hydrogen-bond acceptors (Lipinski definition) is 6. The standard InChI is InChI=1S/C24H24ClNO6/c1-2-31-19-12-15(7-10-18(19)27)21-20(22(28)14-5-8-16(25)9-6-14)23(29)24(30)26(21)13-17-4-3-11-32-17/h5-10,12,17,21,27-28H,2-4,11,13H2,1H3/b22-20+/t17-,21-/m1/s1. The summed E-state index contributed by atoms with van der Waals surface area (Å²) in [6.45, 7) is 2.95. The summed E-state index contributed by atoms with van der Waals surface area (Å²) in [5.74, 6) is -1.58. The quantitative estimate of drug-likeness (QED) is 0.386. The number of carbonyl (C=O) groups excluding carboxylic acids is 2. The molecule has 0 radical (unpaired) electrons. The average Bonchev–Trinajstić information content (AvgIpc) is 3.38. The Morgan fingerprint density at radius 1 is 1.22 bits per heavy atom. The number of aromatic hydroxyl groups is 1. The first-order valence-electron chi connectivity index (χ1n) is 10.5. The smallest absolute Gasteiger partial charge is 0.295 e. The lowest BCUT2D eigenvalue weighted by atomic mass is 9.95. The van der Waals surface area contributed by atoms with Crippen LogP contribution in [0.2, 0.25) is 5.02 Å². The van der Waals surface area contributed by atoms with Crippen molar-refractivity contribution in [3.63, 3.8) is 0 Å². The third-order valence-corrected chi connectivity index (χ3v) is 5.93. The number of ketones is 1. The molecule has 0 aromatic heterocycles. The number of carbonyl (C=O) groups is 2. The second-order valence-electron chi connectivity index (χ2n) is 7.75. The molecule has 2 fully saturated rings. The topological polar surface area (TPSA) is 96.3 Å². The minimum absolute atomic E-state index is 0.0246. The van der Waals surface area contributed by atoms with E-state index in [4.69, 9.17) is 21.1 Å². The molecule has 2 heterocycles. The van der Waals surface area contributed by atoms with E-state index in [0.717, 1.165) is 12.8 Å². The maximum absolute atomic E-state index is 13.1. The van der Waals surface area contributed by atoms with Crippen LogP contribution >= 0.6 is 11.6 Å². The maximum atomic E-state index is 13.1. The molecule has 32 heavy (non-hydrogen) atoms. The van der Waals surface area contributed by atoms with Gasteiger partial charge in [-0.15, -0.1) is 0 Å². The van der Waals surface area contributed by atoms with Crippen molar-refractivity contribution < 1.29 is 29.3 Å². The number of halogens is 1. The van der Waals surface area contributed by atoms with Gasteiger partial charge in [0.05, 0.1) is 24.3 Å². The van der Waals surface area contributed by atoms with Crippen LogP contribution in [-0.4, -0.2) is 52.7 Å². The molecule has 0 unspecified atom stereocenters. The van der Waals surface area contributed by atoms with Gasteiger partial charge in [0, 0.05) is 23.7 Å². The van der Waals surface area contributed by atoms with Gasteiger partial charge in [-0.2, -0.15) is 0 Å². The van der Waals surface area contributed by atoms with Crippen LogP contribution in [0.5, 0.6) is 11.5 Å². The molecular weight excluding hydrogens is 434 g/mol. The van der Waals surface area contributed by atoms with E-state index in [1.54, 1.807) is 43.3 Å². The van der Waals surface area contributed by atoms with Crippen molar-refractivity contribution in [2.75, 3.05) is 19.8 Å². The van der Waals surface area contributed by atoms with Crippen LogP contribution in [0.3, 0.4) is 0 Å². The van der Waals surface area contributed by atoms with Crippen molar-refractivity contribution in [3.05, 3.63) is 64.2 Å². The second-order valence-corrected chi connectivity index (χ2v) is 8.19. The summed E-state index contributed by atoms with van der Waals surface area (Å²) in [5.41, 5.74) is 0.890. The van der Waals surface area contributed by atoms with Gasteiger partial charge in [0.25, 0.3) is 11.7 Å². The van der Waals surface area contributed by atoms with Crippen LogP contribution in [0.15, 0.2) is 48.0 Å². The molecule has 4 rings (SSSR count). The van der Waals surface area contributed by atoms with Crippen molar-refractivity contribution in [3.8, 4) is 11.5 Å². The molecule has 2 aliphatic rings. The largest absolute Gasteiger partial charge is 0.507 e. The van der Waals surface area contributed by atoms with E-state index in [-0.39, 0.29) is 35.5 Å². The van der Waals surface area contributed by atoms with Gasteiger partial charge in [-0.05, 0) is 61.7 Å². The molecule has 2 saturated heterocycles. The number of aliphatic hydroxyl groups is 1. The van der Waals surface area contributed by atoms with E-state index in [0.29, 0.717) is 29.4 Å². The van der Waals surface area contributed by atoms with Gasteiger partial charge < -0.3 is 24.6 Å². The van der Waals surface area contributed by atoms with Crippen LogP contribution < -0.4 is 4.74 Å². The van der Waals surface area contributed by atoms with E-state index in [1.165, 1.54) is 11.0 Å². The Labute approximate surface area is 190 Å². The first kappa shape index (κ1) is 22.2. The van der Waals surface area contributed by atoms with E-state index >= 15 is 0 Å². The molecule has 2 N–H and O–H groups in total. The van der Waals surface area contributed by atoms with Gasteiger partial charge in [-0.25, -0.2) is 0 Å². The van der Waals surface area contributed by atoms with Crippen molar-refractivity contribution in [2.45, 2.75) is 31.9 Å². The van der Waals surface area contributed by atoms with E-state index in [9.17, 15) is 19.8 Å². The number of phenols is 1. The first-order chi connectivity index (χ1) is 15.4. The molecule has 0 aliphatic carbocycles. The minimum atomic E-state index is -0.852. The summed E-state index contributed by atoms with van der Waals surface area (Å²) in [6, 6.07) is 10.2. The normalized spacial score (nSPS) is 22.5. The van der Waals surface area contributed by atoms with E-state index in [1.807, 2.05) is 0 Å². The number of nitrogens with zero attached hydrogens (tertiary/aromatic N) is 1. The number of rotatable bonds is 6. The molecule has 0 spiro atoms. The highest BCUT2D eigenvalue weighted by molar-refractivity contribution is 6.46. The van der Waals surface area contributed by atoms with E-state index < -0.39 is 17.7 Å². The number of amides is 1. The number of hydrogen-bond donors (Lipinski definition) is 2. The Balaban J connectivity index is 1.84. The Bertz CT molecular complexity index is 1060. The lowest BCUT2D eigenvalue weighted by Gasteiger charge is -2.27. The van der Waals surface area contributed by atoms with Gasteiger partial charge in [0.2, 0.25) is 0 Å². The van der Waals surface area contributed by atoms with Crippen LogP contribution in [0, 0.1) is 0 Å². The van der Waals surface area contributed by atoms with Gasteiger partial charge in [0.15, 0.2) is 11.5 Å². The third-order valence-electron chi connectivity index (χ3n) is 5.68. The lowest BCUT2D eigenvalue weighted by Crippen LogP contribution is -2.36. The van der Waals surface area contributed by atoms with E-state index in [2.05, 4.69) is 0 Å². The summed E-state index contributed by atoms with van der Waals surface area (Å²) >= 11 is 5.95.